The SMILES string of the molecule is COc1ccc(C)cc1NC1CC(c2cccc(Cl)c2)C1. The number of halogens is 1. The number of hydrogen-bond acceptors (Lipinski definition) is 2. The van der Waals surface area contributed by atoms with E-state index >= 15 is 0 Å². The van der Waals surface area contributed by atoms with E-state index in [9.17, 15) is 0 Å². The van der Waals surface area contributed by atoms with Crippen molar-refractivity contribution in [3.8, 4) is 5.75 Å². The summed E-state index contributed by atoms with van der Waals surface area (Å²) in [6.07, 6.45) is 2.27. The fourth-order valence-electron chi connectivity index (χ4n) is 2.92. The van der Waals surface area contributed by atoms with Crippen LogP contribution >= 0.6 is 11.6 Å². The number of hydrogen-bond donors (Lipinski definition) is 1. The topological polar surface area (TPSA) is 21.3 Å². The molecule has 1 fully saturated rings. The van der Waals surface area contributed by atoms with Crippen molar-refractivity contribution in [3.63, 3.8) is 0 Å². The Balaban J connectivity index is 1.64. The Hall–Kier alpha value is -1.67. The quantitative estimate of drug-likeness (QED) is 0.856. The smallest absolute Gasteiger partial charge is 0.141 e. The molecular weight excluding hydrogens is 282 g/mol. The van der Waals surface area contributed by atoms with E-state index in [2.05, 4.69) is 36.5 Å². The van der Waals surface area contributed by atoms with Gasteiger partial charge in [-0.2, -0.15) is 0 Å². The van der Waals surface area contributed by atoms with E-state index in [1.807, 2.05) is 18.2 Å². The molecule has 0 saturated heterocycles. The van der Waals surface area contributed by atoms with Gasteiger partial charge < -0.3 is 10.1 Å². The highest BCUT2D eigenvalue weighted by molar-refractivity contribution is 6.30. The van der Waals surface area contributed by atoms with Crippen molar-refractivity contribution < 1.29 is 4.74 Å². The standard InChI is InChI=1S/C18H20ClNO/c1-12-6-7-18(21-2)17(8-12)20-16-10-14(11-16)13-4-3-5-15(19)9-13/h3-9,14,16,20H,10-11H2,1-2H3. The summed E-state index contributed by atoms with van der Waals surface area (Å²) in [5.74, 6) is 1.52. The van der Waals surface area contributed by atoms with Crippen molar-refractivity contribution in [2.24, 2.45) is 0 Å². The normalized spacial score (nSPS) is 20.7. The van der Waals surface area contributed by atoms with Gasteiger partial charge in [-0.05, 0) is 61.1 Å². The van der Waals surface area contributed by atoms with E-state index in [1.165, 1.54) is 11.1 Å². The molecule has 0 atom stereocenters. The Labute approximate surface area is 131 Å². The summed E-state index contributed by atoms with van der Waals surface area (Å²) in [5, 5.41) is 4.42. The minimum absolute atomic E-state index is 0.504. The Kier molecular flexibility index (Phi) is 4.07. The van der Waals surface area contributed by atoms with Gasteiger partial charge in [-0.3, -0.25) is 0 Å². The maximum absolute atomic E-state index is 6.06. The highest BCUT2D eigenvalue weighted by Gasteiger charge is 2.30. The van der Waals surface area contributed by atoms with Crippen LogP contribution < -0.4 is 10.1 Å². The number of aryl methyl sites for hydroxylation is 1. The summed E-state index contributed by atoms with van der Waals surface area (Å²) in [6, 6.07) is 14.9. The molecule has 110 valence electrons. The third kappa shape index (κ3) is 3.16. The lowest BCUT2D eigenvalue weighted by atomic mass is 9.76. The van der Waals surface area contributed by atoms with Crippen LogP contribution in [0.15, 0.2) is 42.5 Å². The van der Waals surface area contributed by atoms with E-state index in [-0.39, 0.29) is 0 Å². The molecule has 21 heavy (non-hydrogen) atoms. The zero-order chi connectivity index (χ0) is 14.8. The van der Waals surface area contributed by atoms with Crippen molar-refractivity contribution in [1.29, 1.82) is 0 Å². The molecule has 1 aliphatic carbocycles. The molecule has 0 radical (unpaired) electrons. The maximum atomic E-state index is 6.06. The number of anilines is 1. The lowest BCUT2D eigenvalue weighted by Gasteiger charge is -2.37. The molecule has 1 N–H and O–H groups in total. The number of benzene rings is 2. The molecular formula is C18H20ClNO. The number of methoxy groups -OCH3 is 1. The summed E-state index contributed by atoms with van der Waals surface area (Å²) >= 11 is 6.06. The van der Waals surface area contributed by atoms with Crippen LogP contribution in [-0.4, -0.2) is 13.2 Å². The predicted octanol–water partition coefficient (Wildman–Crippen LogP) is 5.02. The summed E-state index contributed by atoms with van der Waals surface area (Å²) < 4.78 is 5.42. The molecule has 0 aromatic heterocycles. The molecule has 0 spiro atoms. The van der Waals surface area contributed by atoms with Gasteiger partial charge in [0.25, 0.3) is 0 Å². The molecule has 0 bridgehead atoms. The molecule has 2 aromatic carbocycles. The summed E-state index contributed by atoms with van der Waals surface area (Å²) in [4.78, 5) is 0. The van der Waals surface area contributed by atoms with Gasteiger partial charge in [0.1, 0.15) is 5.75 Å². The minimum atomic E-state index is 0.504. The van der Waals surface area contributed by atoms with Crippen LogP contribution in [0.3, 0.4) is 0 Å². The van der Waals surface area contributed by atoms with Gasteiger partial charge in [0, 0.05) is 11.1 Å². The van der Waals surface area contributed by atoms with E-state index in [0.717, 1.165) is 29.3 Å². The second-order valence-electron chi connectivity index (χ2n) is 5.77. The molecule has 3 rings (SSSR count). The first-order valence-electron chi connectivity index (χ1n) is 7.32. The molecule has 2 aromatic rings. The zero-order valence-corrected chi connectivity index (χ0v) is 13.2. The van der Waals surface area contributed by atoms with Crippen LogP contribution in [0.1, 0.15) is 29.9 Å². The van der Waals surface area contributed by atoms with Gasteiger partial charge in [0.15, 0.2) is 0 Å². The average molecular weight is 302 g/mol. The van der Waals surface area contributed by atoms with Gasteiger partial charge in [0.2, 0.25) is 0 Å². The predicted molar refractivity (Wildman–Crippen MR) is 88.6 cm³/mol. The number of rotatable bonds is 4. The van der Waals surface area contributed by atoms with Crippen molar-refractivity contribution in [2.45, 2.75) is 31.7 Å². The lowest BCUT2D eigenvalue weighted by molar-refractivity contribution is 0.370. The number of nitrogens with one attached hydrogen (secondary N) is 1. The van der Waals surface area contributed by atoms with E-state index in [4.69, 9.17) is 16.3 Å². The largest absolute Gasteiger partial charge is 0.495 e. The Morgan fingerprint density at radius 1 is 1.14 bits per heavy atom. The fourth-order valence-corrected chi connectivity index (χ4v) is 3.12. The summed E-state index contributed by atoms with van der Waals surface area (Å²) in [7, 11) is 1.71. The Bertz CT molecular complexity index is 635. The van der Waals surface area contributed by atoms with E-state index < -0.39 is 0 Å². The Morgan fingerprint density at radius 2 is 1.95 bits per heavy atom. The molecule has 0 amide bonds. The molecule has 2 nitrogen and oxygen atoms in total. The first-order chi connectivity index (χ1) is 10.2. The summed E-state index contributed by atoms with van der Waals surface area (Å²) in [5.41, 5.74) is 3.67. The maximum Gasteiger partial charge on any atom is 0.141 e. The van der Waals surface area contributed by atoms with Crippen LogP contribution in [0.2, 0.25) is 5.02 Å². The Morgan fingerprint density at radius 3 is 2.67 bits per heavy atom. The van der Waals surface area contributed by atoms with Gasteiger partial charge in [-0.15, -0.1) is 0 Å². The molecule has 0 unspecified atom stereocenters. The van der Waals surface area contributed by atoms with E-state index in [0.29, 0.717) is 12.0 Å². The van der Waals surface area contributed by atoms with Crippen molar-refractivity contribution in [2.75, 3.05) is 12.4 Å². The first kappa shape index (κ1) is 14.3. The minimum Gasteiger partial charge on any atom is -0.495 e. The van der Waals surface area contributed by atoms with Gasteiger partial charge in [-0.1, -0.05) is 29.8 Å². The molecule has 1 saturated carbocycles. The first-order valence-corrected chi connectivity index (χ1v) is 7.70. The zero-order valence-electron chi connectivity index (χ0n) is 12.4. The van der Waals surface area contributed by atoms with Gasteiger partial charge >= 0.3 is 0 Å². The monoisotopic (exact) mass is 301 g/mol. The van der Waals surface area contributed by atoms with Gasteiger partial charge in [0.05, 0.1) is 12.8 Å². The van der Waals surface area contributed by atoms with Crippen LogP contribution in [0.5, 0.6) is 5.75 Å². The van der Waals surface area contributed by atoms with Crippen molar-refractivity contribution >= 4 is 17.3 Å². The van der Waals surface area contributed by atoms with Crippen molar-refractivity contribution in [3.05, 3.63) is 58.6 Å². The van der Waals surface area contributed by atoms with Crippen LogP contribution in [0.4, 0.5) is 5.69 Å². The van der Waals surface area contributed by atoms with Crippen LogP contribution in [0.25, 0.3) is 0 Å². The third-order valence-electron chi connectivity index (χ3n) is 4.17. The van der Waals surface area contributed by atoms with Crippen LogP contribution in [0, 0.1) is 6.92 Å². The molecule has 1 aliphatic rings. The molecule has 0 aliphatic heterocycles. The van der Waals surface area contributed by atoms with Crippen molar-refractivity contribution in [1.82, 2.24) is 0 Å². The second-order valence-corrected chi connectivity index (χ2v) is 6.20. The average Bonchev–Trinajstić information content (AvgIpc) is 2.42. The molecule has 3 heteroatoms. The second kappa shape index (κ2) is 5.98. The van der Waals surface area contributed by atoms with Crippen LogP contribution in [-0.2, 0) is 0 Å². The highest BCUT2D eigenvalue weighted by atomic mass is 35.5. The number of ether oxygens (including phenoxy) is 1. The fraction of sp³-hybridized carbons (Fsp3) is 0.333. The van der Waals surface area contributed by atoms with Gasteiger partial charge in [-0.25, -0.2) is 0 Å². The molecule has 0 heterocycles. The third-order valence-corrected chi connectivity index (χ3v) is 4.41. The highest BCUT2D eigenvalue weighted by Crippen LogP contribution is 2.40. The summed E-state index contributed by atoms with van der Waals surface area (Å²) in [6.45, 7) is 2.10. The van der Waals surface area contributed by atoms with E-state index in [1.54, 1.807) is 7.11 Å². The lowest BCUT2D eigenvalue weighted by Crippen LogP contribution is -2.34.